The molecule has 0 saturated carbocycles. The van der Waals surface area contributed by atoms with Crippen LogP contribution in [0.15, 0.2) is 156 Å². The summed E-state index contributed by atoms with van der Waals surface area (Å²) in [5.41, 5.74) is 15.4. The van der Waals surface area contributed by atoms with Gasteiger partial charge in [-0.05, 0) is 58.5 Å². The molecule has 0 spiro atoms. The number of anilines is 2. The second-order valence-corrected chi connectivity index (χ2v) is 12.5. The van der Waals surface area contributed by atoms with E-state index in [1.54, 1.807) is 0 Å². The zero-order valence-corrected chi connectivity index (χ0v) is 24.8. The molecule has 46 heavy (non-hydrogen) atoms. The number of hydrogen-bond donors (Lipinski definition) is 0. The lowest BCUT2D eigenvalue weighted by atomic mass is 9.43. The summed E-state index contributed by atoms with van der Waals surface area (Å²) >= 11 is 0. The largest absolute Gasteiger partial charge is 0.454 e. The molecule has 0 fully saturated rings. The van der Waals surface area contributed by atoms with Gasteiger partial charge < -0.3 is 13.8 Å². The van der Waals surface area contributed by atoms with Crippen LogP contribution >= 0.6 is 0 Å². The standard InChI is InChI=1S/C42H25BN2O/c1-2-12-26(13-3-1)44-37-20-10-6-17-30(37)31-22-23-32-34-24-33-28-15-5-9-19-36(28)43-35-18-8-4-14-27(35)29-16-7-11-21-38(29)45(43)39(33)25-40(34)46-42(32)41(31)44/h1-25H. The summed E-state index contributed by atoms with van der Waals surface area (Å²) < 4.78 is 9.36. The molecule has 4 heterocycles. The molecule has 2 aromatic heterocycles. The zero-order valence-electron chi connectivity index (χ0n) is 24.8. The molecular weight excluding hydrogens is 559 g/mol. The van der Waals surface area contributed by atoms with Gasteiger partial charge in [0, 0.05) is 55.8 Å². The van der Waals surface area contributed by atoms with Crippen LogP contribution in [0.3, 0.4) is 0 Å². The summed E-state index contributed by atoms with van der Waals surface area (Å²) in [6.07, 6.45) is 0. The van der Waals surface area contributed by atoms with Gasteiger partial charge in [0.25, 0.3) is 0 Å². The predicted octanol–water partition coefficient (Wildman–Crippen LogP) is 9.59. The van der Waals surface area contributed by atoms with Gasteiger partial charge in [0.2, 0.25) is 0 Å². The van der Waals surface area contributed by atoms with E-state index in [2.05, 4.69) is 161 Å². The van der Waals surface area contributed by atoms with Gasteiger partial charge in [-0.1, -0.05) is 109 Å². The molecule has 0 bridgehead atoms. The molecule has 212 valence electrons. The lowest BCUT2D eigenvalue weighted by Crippen LogP contribution is -2.59. The maximum atomic E-state index is 7.00. The van der Waals surface area contributed by atoms with Gasteiger partial charge in [-0.15, -0.1) is 0 Å². The maximum absolute atomic E-state index is 7.00. The highest BCUT2D eigenvalue weighted by Crippen LogP contribution is 2.49. The van der Waals surface area contributed by atoms with E-state index >= 15 is 0 Å². The molecule has 0 N–H and O–H groups in total. The van der Waals surface area contributed by atoms with E-state index in [1.165, 1.54) is 60.8 Å². The minimum absolute atomic E-state index is 0.0731. The topological polar surface area (TPSA) is 21.3 Å². The molecule has 2 aliphatic heterocycles. The van der Waals surface area contributed by atoms with Crippen LogP contribution in [0.25, 0.3) is 71.7 Å². The fourth-order valence-electron chi connectivity index (χ4n) is 8.30. The Morgan fingerprint density at radius 1 is 0.457 bits per heavy atom. The van der Waals surface area contributed by atoms with Crippen molar-refractivity contribution in [1.82, 2.24) is 4.57 Å². The lowest BCUT2D eigenvalue weighted by molar-refractivity contribution is 0.671. The van der Waals surface area contributed by atoms with Gasteiger partial charge in [0.1, 0.15) is 5.58 Å². The number of furan rings is 1. The zero-order chi connectivity index (χ0) is 29.9. The smallest absolute Gasteiger partial charge is 0.329 e. The first-order valence-electron chi connectivity index (χ1n) is 15.9. The summed E-state index contributed by atoms with van der Waals surface area (Å²) in [5.74, 6) is 0. The van der Waals surface area contributed by atoms with Crippen LogP contribution in [0.1, 0.15) is 0 Å². The van der Waals surface area contributed by atoms with E-state index < -0.39 is 0 Å². The van der Waals surface area contributed by atoms with Gasteiger partial charge in [0.05, 0.1) is 11.0 Å². The van der Waals surface area contributed by atoms with Gasteiger partial charge in [-0.25, -0.2) is 0 Å². The predicted molar refractivity (Wildman–Crippen MR) is 193 cm³/mol. The quantitative estimate of drug-likeness (QED) is 0.179. The Labute approximate surface area is 265 Å². The third kappa shape index (κ3) is 3.03. The summed E-state index contributed by atoms with van der Waals surface area (Å²) in [6, 6.07) is 55.1. The first-order chi connectivity index (χ1) is 22.8. The molecule has 2 aliphatic rings. The summed E-state index contributed by atoms with van der Waals surface area (Å²) in [7, 11) is 0. The molecule has 0 unspecified atom stereocenters. The number of aromatic nitrogens is 1. The van der Waals surface area contributed by atoms with Gasteiger partial charge in [-0.2, -0.15) is 0 Å². The number of para-hydroxylation sites is 3. The first kappa shape index (κ1) is 24.3. The molecule has 0 aliphatic carbocycles. The molecule has 4 heteroatoms. The van der Waals surface area contributed by atoms with E-state index in [-0.39, 0.29) is 6.85 Å². The van der Waals surface area contributed by atoms with Crippen LogP contribution in [-0.4, -0.2) is 11.4 Å². The van der Waals surface area contributed by atoms with Gasteiger partial charge in [0.15, 0.2) is 5.58 Å². The third-order valence-corrected chi connectivity index (χ3v) is 10.2. The molecule has 0 radical (unpaired) electrons. The van der Waals surface area contributed by atoms with Crippen molar-refractivity contribution in [2.75, 3.05) is 4.81 Å². The van der Waals surface area contributed by atoms with Crippen LogP contribution in [0.4, 0.5) is 11.4 Å². The average Bonchev–Trinajstić information content (AvgIpc) is 3.66. The molecule has 11 rings (SSSR count). The SMILES string of the molecule is c1ccc(-n2c3ccccc3c3ccc4c5cc6c(cc5oc4c32)N2B(c3ccccc3-c3ccccc32)c2ccccc2-6)cc1. The van der Waals surface area contributed by atoms with Crippen LogP contribution in [-0.2, 0) is 0 Å². The van der Waals surface area contributed by atoms with Crippen molar-refractivity contribution in [2.24, 2.45) is 0 Å². The molecule has 0 atom stereocenters. The van der Waals surface area contributed by atoms with Crippen molar-refractivity contribution in [3.8, 4) is 27.9 Å². The van der Waals surface area contributed by atoms with Crippen LogP contribution < -0.4 is 15.7 Å². The highest BCUT2D eigenvalue weighted by molar-refractivity contribution is 6.92. The van der Waals surface area contributed by atoms with Crippen molar-refractivity contribution < 1.29 is 4.42 Å². The minimum atomic E-state index is 0.0731. The number of fused-ring (bicyclic) bond motifs is 18. The lowest BCUT2D eigenvalue weighted by Gasteiger charge is -2.43. The Hall–Kier alpha value is -6.00. The highest BCUT2D eigenvalue weighted by atomic mass is 16.3. The number of nitrogens with zero attached hydrogens (tertiary/aromatic N) is 2. The Morgan fingerprint density at radius 2 is 1.11 bits per heavy atom. The monoisotopic (exact) mass is 584 g/mol. The summed E-state index contributed by atoms with van der Waals surface area (Å²) in [6.45, 7) is 0.0731. The van der Waals surface area contributed by atoms with E-state index in [1.807, 2.05) is 0 Å². The molecule has 3 nitrogen and oxygen atoms in total. The number of hydrogen-bond acceptors (Lipinski definition) is 2. The molecular formula is C42H25BN2O. The van der Waals surface area contributed by atoms with Gasteiger partial charge >= 0.3 is 6.85 Å². The third-order valence-electron chi connectivity index (χ3n) is 10.2. The number of benzene rings is 7. The average molecular weight is 584 g/mol. The molecule has 0 saturated heterocycles. The summed E-state index contributed by atoms with van der Waals surface area (Å²) in [4.78, 5) is 2.54. The Morgan fingerprint density at radius 3 is 1.93 bits per heavy atom. The summed E-state index contributed by atoms with van der Waals surface area (Å²) in [5, 5.41) is 4.69. The van der Waals surface area contributed by atoms with E-state index in [0.717, 1.165) is 33.1 Å². The van der Waals surface area contributed by atoms with Crippen LogP contribution in [0, 0.1) is 0 Å². The Bertz CT molecular complexity index is 2720. The maximum Gasteiger partial charge on any atom is 0.329 e. The molecule has 0 amide bonds. The Balaban J connectivity index is 1.26. The first-order valence-corrected chi connectivity index (χ1v) is 15.9. The number of rotatable bonds is 1. The second-order valence-electron chi connectivity index (χ2n) is 12.5. The van der Waals surface area contributed by atoms with Crippen molar-refractivity contribution in [3.63, 3.8) is 0 Å². The van der Waals surface area contributed by atoms with Gasteiger partial charge in [-0.3, -0.25) is 0 Å². The second kappa shape index (κ2) is 8.80. The van der Waals surface area contributed by atoms with Crippen LogP contribution in [0.2, 0.25) is 0 Å². The normalized spacial score (nSPS) is 13.1. The molecule has 7 aromatic carbocycles. The minimum Gasteiger partial charge on any atom is -0.454 e. The Kier molecular flexibility index (Phi) is 4.66. The van der Waals surface area contributed by atoms with Crippen molar-refractivity contribution in [1.29, 1.82) is 0 Å². The van der Waals surface area contributed by atoms with E-state index in [4.69, 9.17) is 4.42 Å². The van der Waals surface area contributed by atoms with Crippen molar-refractivity contribution in [3.05, 3.63) is 152 Å². The fraction of sp³-hybridized carbons (Fsp3) is 0. The van der Waals surface area contributed by atoms with Crippen molar-refractivity contribution in [2.45, 2.75) is 0 Å². The fourth-order valence-corrected chi connectivity index (χ4v) is 8.30. The van der Waals surface area contributed by atoms with E-state index in [0.29, 0.717) is 0 Å². The van der Waals surface area contributed by atoms with Crippen molar-refractivity contribution >= 4 is 72.9 Å². The van der Waals surface area contributed by atoms with Crippen LogP contribution in [0.5, 0.6) is 0 Å². The molecule has 9 aromatic rings. The van der Waals surface area contributed by atoms with E-state index in [9.17, 15) is 0 Å². The highest BCUT2D eigenvalue weighted by Gasteiger charge is 2.42.